The van der Waals surface area contributed by atoms with Crippen molar-refractivity contribution in [3.8, 4) is 28.5 Å². The van der Waals surface area contributed by atoms with Crippen molar-refractivity contribution in [3.63, 3.8) is 0 Å². The maximum atomic E-state index is 13.8. The largest absolute Gasteiger partial charge is 0.486 e. The van der Waals surface area contributed by atoms with Crippen molar-refractivity contribution in [2.45, 2.75) is 12.1 Å². The van der Waals surface area contributed by atoms with Crippen LogP contribution in [0.25, 0.3) is 27.2 Å². The summed E-state index contributed by atoms with van der Waals surface area (Å²) in [5.74, 6) is 2.48. The van der Waals surface area contributed by atoms with E-state index in [0.29, 0.717) is 62.8 Å². The summed E-state index contributed by atoms with van der Waals surface area (Å²) in [6.07, 6.45) is 0. The van der Waals surface area contributed by atoms with Crippen molar-refractivity contribution in [2.75, 3.05) is 24.3 Å². The fourth-order valence-corrected chi connectivity index (χ4v) is 5.86. The van der Waals surface area contributed by atoms with Gasteiger partial charge in [0.05, 0.1) is 16.8 Å². The molecule has 0 aliphatic carbocycles. The number of nitrogens with one attached hydrogen (secondary N) is 1. The number of aromatic nitrogens is 2. The van der Waals surface area contributed by atoms with E-state index in [1.165, 1.54) is 23.1 Å². The molecule has 1 aliphatic heterocycles. The van der Waals surface area contributed by atoms with Gasteiger partial charge in [0.1, 0.15) is 29.6 Å². The molecule has 3 aromatic heterocycles. The summed E-state index contributed by atoms with van der Waals surface area (Å²) in [4.78, 5) is 32.0. The molecule has 10 heteroatoms. The molecule has 6 rings (SSSR count). The van der Waals surface area contributed by atoms with Crippen LogP contribution in [0.15, 0.2) is 80.4 Å². The van der Waals surface area contributed by atoms with Gasteiger partial charge in [0.15, 0.2) is 16.7 Å². The second-order valence-corrected chi connectivity index (χ2v) is 10.1. The van der Waals surface area contributed by atoms with Gasteiger partial charge in [0.2, 0.25) is 5.91 Å². The van der Waals surface area contributed by atoms with Gasteiger partial charge < -0.3 is 19.2 Å². The number of amides is 1. The number of anilines is 1. The Morgan fingerprint density at radius 1 is 1.08 bits per heavy atom. The Bertz CT molecular complexity index is 1670. The lowest BCUT2D eigenvalue weighted by Crippen LogP contribution is -2.22. The fraction of sp³-hybridized carbons (Fsp3) is 0.148. The van der Waals surface area contributed by atoms with E-state index in [1.54, 1.807) is 22.8 Å². The molecule has 0 saturated carbocycles. The second-order valence-electron chi connectivity index (χ2n) is 8.31. The molecule has 0 bridgehead atoms. The molecule has 2 aromatic carbocycles. The number of carbonyl (C=O) groups is 1. The molecule has 1 amide bonds. The molecule has 0 spiro atoms. The van der Waals surface area contributed by atoms with Gasteiger partial charge in [-0.05, 0) is 43.3 Å². The van der Waals surface area contributed by atoms with Gasteiger partial charge in [-0.15, -0.1) is 11.3 Å². The van der Waals surface area contributed by atoms with Gasteiger partial charge in [0, 0.05) is 22.7 Å². The van der Waals surface area contributed by atoms with Crippen molar-refractivity contribution in [1.29, 1.82) is 0 Å². The van der Waals surface area contributed by atoms with Crippen LogP contribution >= 0.6 is 23.1 Å². The number of thioether (sulfide) groups is 1. The van der Waals surface area contributed by atoms with Crippen LogP contribution in [0.5, 0.6) is 11.5 Å². The first-order valence-electron chi connectivity index (χ1n) is 11.6. The predicted octanol–water partition coefficient (Wildman–Crippen LogP) is 5.52. The molecule has 5 aromatic rings. The average Bonchev–Trinajstić information content (AvgIpc) is 3.54. The Hall–Kier alpha value is -4.02. The molecule has 1 aliphatic rings. The monoisotopic (exact) mass is 531 g/mol. The highest BCUT2D eigenvalue weighted by Gasteiger charge is 2.21. The minimum atomic E-state index is -0.228. The summed E-state index contributed by atoms with van der Waals surface area (Å²) in [5, 5.41) is 5.69. The van der Waals surface area contributed by atoms with E-state index in [-0.39, 0.29) is 17.2 Å². The number of para-hydroxylation sites is 1. The SMILES string of the molecule is Cc1ccc(-c2csc3nc(SCC(=O)Nc4ccc5c(c4)OCCO5)n(-c4ccccc4)c(=O)c23)o1. The summed E-state index contributed by atoms with van der Waals surface area (Å²) >= 11 is 2.58. The minimum absolute atomic E-state index is 0.0643. The quantitative estimate of drug-likeness (QED) is 0.228. The lowest BCUT2D eigenvalue weighted by atomic mass is 10.2. The highest BCUT2D eigenvalue weighted by molar-refractivity contribution is 7.99. The van der Waals surface area contributed by atoms with Crippen LogP contribution in [0.4, 0.5) is 5.69 Å². The summed E-state index contributed by atoms with van der Waals surface area (Å²) in [5.41, 5.74) is 1.78. The molecular weight excluding hydrogens is 510 g/mol. The zero-order valence-corrected chi connectivity index (χ0v) is 21.4. The summed E-state index contributed by atoms with van der Waals surface area (Å²) in [6.45, 7) is 2.83. The van der Waals surface area contributed by atoms with Crippen molar-refractivity contribution in [3.05, 3.63) is 82.2 Å². The molecule has 4 heterocycles. The summed E-state index contributed by atoms with van der Waals surface area (Å²) in [7, 11) is 0. The lowest BCUT2D eigenvalue weighted by molar-refractivity contribution is -0.113. The van der Waals surface area contributed by atoms with E-state index in [4.69, 9.17) is 18.9 Å². The van der Waals surface area contributed by atoms with Crippen LogP contribution in [-0.4, -0.2) is 34.4 Å². The van der Waals surface area contributed by atoms with E-state index in [0.717, 1.165) is 5.76 Å². The maximum absolute atomic E-state index is 13.8. The number of rotatable bonds is 6. The lowest BCUT2D eigenvalue weighted by Gasteiger charge is -2.19. The molecular formula is C27H21N3O5S2. The number of furan rings is 1. The number of benzene rings is 2. The Labute approximate surface area is 219 Å². The second kappa shape index (κ2) is 9.79. The first-order valence-corrected chi connectivity index (χ1v) is 13.4. The van der Waals surface area contributed by atoms with Crippen molar-refractivity contribution < 1.29 is 18.7 Å². The third-order valence-electron chi connectivity index (χ3n) is 5.76. The van der Waals surface area contributed by atoms with Crippen LogP contribution in [0, 0.1) is 6.92 Å². The van der Waals surface area contributed by atoms with Gasteiger partial charge in [0.25, 0.3) is 5.56 Å². The van der Waals surface area contributed by atoms with Crippen molar-refractivity contribution in [2.24, 2.45) is 0 Å². The average molecular weight is 532 g/mol. The van der Waals surface area contributed by atoms with Crippen LogP contribution in [0.3, 0.4) is 0 Å². The first-order chi connectivity index (χ1) is 18.1. The molecule has 0 radical (unpaired) electrons. The minimum Gasteiger partial charge on any atom is -0.486 e. The summed E-state index contributed by atoms with van der Waals surface area (Å²) < 4.78 is 18.5. The number of hydrogen-bond donors (Lipinski definition) is 1. The van der Waals surface area contributed by atoms with E-state index in [9.17, 15) is 9.59 Å². The van der Waals surface area contributed by atoms with Gasteiger partial charge >= 0.3 is 0 Å². The number of hydrogen-bond acceptors (Lipinski definition) is 8. The van der Waals surface area contributed by atoms with Crippen LogP contribution in [-0.2, 0) is 4.79 Å². The molecule has 0 fully saturated rings. The number of nitrogens with zero attached hydrogens (tertiary/aromatic N) is 2. The molecule has 0 atom stereocenters. The molecule has 0 unspecified atom stereocenters. The normalized spacial score (nSPS) is 12.6. The number of fused-ring (bicyclic) bond motifs is 2. The predicted molar refractivity (Wildman–Crippen MR) is 144 cm³/mol. The Morgan fingerprint density at radius 3 is 2.68 bits per heavy atom. The molecule has 0 saturated heterocycles. The highest BCUT2D eigenvalue weighted by atomic mass is 32.2. The van der Waals surface area contributed by atoms with Gasteiger partial charge in [-0.25, -0.2) is 4.98 Å². The maximum Gasteiger partial charge on any atom is 0.268 e. The molecule has 8 nitrogen and oxygen atoms in total. The number of aryl methyl sites for hydroxylation is 1. The Kier molecular flexibility index (Phi) is 6.19. The molecule has 37 heavy (non-hydrogen) atoms. The van der Waals surface area contributed by atoms with E-state index < -0.39 is 0 Å². The topological polar surface area (TPSA) is 95.6 Å². The standard InChI is InChI=1S/C27H21N3O5S2/c1-16-7-9-20(35-16)19-14-36-25-24(19)26(32)30(18-5-3-2-4-6-18)27(29-25)37-15-23(31)28-17-8-10-21-22(13-17)34-12-11-33-21/h2-10,13-14H,11-12,15H2,1H3,(H,28,31). The van der Waals surface area contributed by atoms with Crippen LogP contribution in [0.1, 0.15) is 5.76 Å². The van der Waals surface area contributed by atoms with E-state index >= 15 is 0 Å². The fourth-order valence-electron chi connectivity index (χ4n) is 4.08. The smallest absolute Gasteiger partial charge is 0.268 e. The third-order valence-corrected chi connectivity index (χ3v) is 7.57. The van der Waals surface area contributed by atoms with Crippen LogP contribution < -0.4 is 20.3 Å². The number of ether oxygens (including phenoxy) is 2. The first kappa shape index (κ1) is 23.4. The van der Waals surface area contributed by atoms with Crippen molar-refractivity contribution in [1.82, 2.24) is 9.55 Å². The molecule has 1 N–H and O–H groups in total. The van der Waals surface area contributed by atoms with Gasteiger partial charge in [-0.1, -0.05) is 30.0 Å². The number of carbonyl (C=O) groups excluding carboxylic acids is 1. The zero-order valence-electron chi connectivity index (χ0n) is 19.7. The van der Waals surface area contributed by atoms with Crippen molar-refractivity contribution >= 4 is 44.9 Å². The Morgan fingerprint density at radius 2 is 1.89 bits per heavy atom. The third kappa shape index (κ3) is 4.61. The highest BCUT2D eigenvalue weighted by Crippen LogP contribution is 2.35. The van der Waals surface area contributed by atoms with Gasteiger partial charge in [-0.2, -0.15) is 0 Å². The Balaban J connectivity index is 1.32. The molecule has 186 valence electrons. The summed E-state index contributed by atoms with van der Waals surface area (Å²) in [6, 6.07) is 18.3. The zero-order chi connectivity index (χ0) is 25.4. The van der Waals surface area contributed by atoms with Gasteiger partial charge in [-0.3, -0.25) is 14.2 Å². The number of thiophene rings is 1. The van der Waals surface area contributed by atoms with E-state index in [1.807, 2.05) is 54.8 Å². The van der Waals surface area contributed by atoms with E-state index in [2.05, 4.69) is 5.32 Å². The van der Waals surface area contributed by atoms with Crippen LogP contribution in [0.2, 0.25) is 0 Å².